The van der Waals surface area contributed by atoms with Crippen LogP contribution in [-0.4, -0.2) is 12.4 Å². The van der Waals surface area contributed by atoms with E-state index in [-0.39, 0.29) is 5.24 Å². The van der Waals surface area contributed by atoms with Crippen molar-refractivity contribution in [1.29, 1.82) is 0 Å². The molecule has 0 saturated heterocycles. The van der Waals surface area contributed by atoms with Gasteiger partial charge in [-0.1, -0.05) is 19.1 Å². The molecule has 2 nitrogen and oxygen atoms in total. The highest BCUT2D eigenvalue weighted by Gasteiger charge is 2.31. The van der Waals surface area contributed by atoms with Gasteiger partial charge in [-0.2, -0.15) is 0 Å². The highest BCUT2D eigenvalue weighted by Crippen LogP contribution is 2.31. The zero-order chi connectivity index (χ0) is 11.5. The molecule has 0 N–H and O–H groups in total. The largest absolute Gasteiger partial charge is 0.497 e. The van der Waals surface area contributed by atoms with Crippen LogP contribution < -0.4 is 4.74 Å². The first-order chi connectivity index (χ1) is 7.04. The van der Waals surface area contributed by atoms with Gasteiger partial charge in [0, 0.05) is 0 Å². The van der Waals surface area contributed by atoms with E-state index in [0.29, 0.717) is 6.42 Å². The van der Waals surface area contributed by atoms with Crippen LogP contribution in [0.4, 0.5) is 0 Å². The maximum atomic E-state index is 11.4. The Morgan fingerprint density at radius 1 is 1.53 bits per heavy atom. The number of hydrogen-bond acceptors (Lipinski definition) is 2. The zero-order valence-corrected chi connectivity index (χ0v) is 9.97. The van der Waals surface area contributed by atoms with Crippen molar-refractivity contribution in [3.8, 4) is 5.75 Å². The van der Waals surface area contributed by atoms with Crippen molar-refractivity contribution >= 4 is 16.8 Å². The van der Waals surface area contributed by atoms with Gasteiger partial charge in [0.15, 0.2) is 0 Å². The Labute approximate surface area is 95.2 Å². The lowest BCUT2D eigenvalue weighted by molar-refractivity contribution is -0.116. The molecule has 0 amide bonds. The van der Waals surface area contributed by atoms with Crippen LogP contribution in [0.2, 0.25) is 0 Å². The molecule has 0 bridgehead atoms. The number of rotatable bonds is 4. The predicted octanol–water partition coefficient (Wildman–Crippen LogP) is 3.13. The summed E-state index contributed by atoms with van der Waals surface area (Å²) in [5.74, 6) is 0.741. The lowest BCUT2D eigenvalue weighted by Crippen LogP contribution is -2.28. The molecular weight excluding hydrogens is 212 g/mol. The number of halogens is 1. The summed E-state index contributed by atoms with van der Waals surface area (Å²) in [4.78, 5) is 11.4. The molecule has 1 aromatic rings. The van der Waals surface area contributed by atoms with Crippen molar-refractivity contribution in [1.82, 2.24) is 0 Å². The molecule has 1 rings (SSSR count). The number of ether oxygens (including phenoxy) is 1. The molecule has 1 unspecified atom stereocenters. The van der Waals surface area contributed by atoms with Crippen LogP contribution in [0.5, 0.6) is 5.75 Å². The second-order valence-electron chi connectivity index (χ2n) is 3.69. The number of benzene rings is 1. The minimum Gasteiger partial charge on any atom is -0.497 e. The third-order valence-corrected chi connectivity index (χ3v) is 3.26. The van der Waals surface area contributed by atoms with Crippen LogP contribution in [0, 0.1) is 0 Å². The van der Waals surface area contributed by atoms with Crippen LogP contribution >= 0.6 is 11.6 Å². The average Bonchev–Trinajstić information content (AvgIpc) is 2.27. The van der Waals surface area contributed by atoms with E-state index in [1.54, 1.807) is 7.11 Å². The Bertz CT molecular complexity index is 362. The highest BCUT2D eigenvalue weighted by molar-refractivity contribution is 6.65. The van der Waals surface area contributed by atoms with Gasteiger partial charge in [0.2, 0.25) is 5.24 Å². The SMILES string of the molecule is CCC(C)(C(=O)Cl)c1cccc(OC)c1. The zero-order valence-electron chi connectivity index (χ0n) is 9.21. The topological polar surface area (TPSA) is 26.3 Å². The first kappa shape index (κ1) is 12.1. The Morgan fingerprint density at radius 3 is 2.67 bits per heavy atom. The van der Waals surface area contributed by atoms with Gasteiger partial charge in [-0.25, -0.2) is 0 Å². The van der Waals surface area contributed by atoms with Crippen molar-refractivity contribution in [3.05, 3.63) is 29.8 Å². The van der Waals surface area contributed by atoms with Gasteiger partial charge in [0.1, 0.15) is 5.75 Å². The molecule has 0 fully saturated rings. The first-order valence-electron chi connectivity index (χ1n) is 4.89. The molecule has 15 heavy (non-hydrogen) atoms. The van der Waals surface area contributed by atoms with Gasteiger partial charge in [-0.05, 0) is 42.6 Å². The van der Waals surface area contributed by atoms with Crippen molar-refractivity contribution in [3.63, 3.8) is 0 Å². The lowest BCUT2D eigenvalue weighted by atomic mass is 9.81. The molecule has 3 heteroatoms. The number of carbonyl (C=O) groups is 1. The van der Waals surface area contributed by atoms with Crippen LogP contribution in [-0.2, 0) is 10.2 Å². The van der Waals surface area contributed by atoms with Gasteiger partial charge in [-0.15, -0.1) is 0 Å². The quantitative estimate of drug-likeness (QED) is 0.738. The summed E-state index contributed by atoms with van der Waals surface area (Å²) in [5, 5.41) is -0.335. The van der Waals surface area contributed by atoms with Gasteiger partial charge in [0.25, 0.3) is 0 Å². The van der Waals surface area contributed by atoms with Crippen LogP contribution in [0.15, 0.2) is 24.3 Å². The second kappa shape index (κ2) is 4.67. The van der Waals surface area contributed by atoms with Gasteiger partial charge in [-0.3, -0.25) is 4.79 Å². The fraction of sp³-hybridized carbons (Fsp3) is 0.417. The summed E-state index contributed by atoms with van der Waals surface area (Å²) in [7, 11) is 1.60. The van der Waals surface area contributed by atoms with E-state index in [1.165, 1.54) is 0 Å². The normalized spacial score (nSPS) is 14.4. The maximum absolute atomic E-state index is 11.4. The first-order valence-corrected chi connectivity index (χ1v) is 5.27. The average molecular weight is 227 g/mol. The molecule has 0 radical (unpaired) electrons. The van der Waals surface area contributed by atoms with Crippen LogP contribution in [0.3, 0.4) is 0 Å². The van der Waals surface area contributed by atoms with Crippen LogP contribution in [0.25, 0.3) is 0 Å². The number of hydrogen-bond donors (Lipinski definition) is 0. The predicted molar refractivity (Wildman–Crippen MR) is 61.5 cm³/mol. The van der Waals surface area contributed by atoms with Crippen molar-refractivity contribution < 1.29 is 9.53 Å². The van der Waals surface area contributed by atoms with E-state index in [1.807, 2.05) is 38.1 Å². The smallest absolute Gasteiger partial charge is 0.231 e. The van der Waals surface area contributed by atoms with Crippen molar-refractivity contribution in [2.24, 2.45) is 0 Å². The summed E-state index contributed by atoms with van der Waals surface area (Å²) < 4.78 is 5.12. The second-order valence-corrected chi connectivity index (χ2v) is 4.03. The maximum Gasteiger partial charge on any atom is 0.231 e. The monoisotopic (exact) mass is 226 g/mol. The van der Waals surface area contributed by atoms with Crippen LogP contribution in [0.1, 0.15) is 25.8 Å². The molecule has 1 atom stereocenters. The standard InChI is InChI=1S/C12H15ClO2/c1-4-12(2,11(13)14)9-6-5-7-10(8-9)15-3/h5-8H,4H2,1-3H3. The third-order valence-electron chi connectivity index (χ3n) is 2.85. The summed E-state index contributed by atoms with van der Waals surface area (Å²) >= 11 is 5.64. The van der Waals surface area contributed by atoms with E-state index in [2.05, 4.69) is 0 Å². The molecule has 82 valence electrons. The molecule has 0 aliphatic rings. The minimum absolute atomic E-state index is 0.335. The van der Waals surface area contributed by atoms with E-state index < -0.39 is 5.41 Å². The molecule has 0 spiro atoms. The summed E-state index contributed by atoms with van der Waals surface area (Å²) in [5.41, 5.74) is 0.264. The van der Waals surface area contributed by atoms with Gasteiger partial charge in [0.05, 0.1) is 12.5 Å². The molecular formula is C12H15ClO2. The Balaban J connectivity index is 3.18. The minimum atomic E-state index is -0.629. The Morgan fingerprint density at radius 2 is 2.20 bits per heavy atom. The van der Waals surface area contributed by atoms with E-state index in [4.69, 9.17) is 16.3 Å². The van der Waals surface area contributed by atoms with Crippen molar-refractivity contribution in [2.75, 3.05) is 7.11 Å². The Kier molecular flexibility index (Phi) is 3.75. The van der Waals surface area contributed by atoms with E-state index >= 15 is 0 Å². The lowest BCUT2D eigenvalue weighted by Gasteiger charge is -2.24. The van der Waals surface area contributed by atoms with E-state index in [9.17, 15) is 4.79 Å². The fourth-order valence-corrected chi connectivity index (χ4v) is 1.67. The molecule has 0 aromatic heterocycles. The molecule has 0 saturated carbocycles. The number of carbonyl (C=O) groups excluding carboxylic acids is 1. The van der Waals surface area contributed by atoms with Gasteiger partial charge >= 0.3 is 0 Å². The summed E-state index contributed by atoms with van der Waals surface area (Å²) in [6, 6.07) is 7.45. The third kappa shape index (κ3) is 2.32. The fourth-order valence-electron chi connectivity index (χ4n) is 1.42. The Hall–Kier alpha value is -1.02. The summed E-state index contributed by atoms with van der Waals surface area (Å²) in [6.07, 6.45) is 0.669. The highest BCUT2D eigenvalue weighted by atomic mass is 35.5. The number of methoxy groups -OCH3 is 1. The summed E-state index contributed by atoms with van der Waals surface area (Å²) in [6.45, 7) is 3.79. The molecule has 0 heterocycles. The van der Waals surface area contributed by atoms with E-state index in [0.717, 1.165) is 11.3 Å². The molecule has 0 aliphatic carbocycles. The molecule has 0 aliphatic heterocycles. The van der Waals surface area contributed by atoms with Crippen molar-refractivity contribution in [2.45, 2.75) is 25.7 Å². The molecule has 1 aromatic carbocycles. The van der Waals surface area contributed by atoms with Gasteiger partial charge < -0.3 is 4.74 Å².